The van der Waals surface area contributed by atoms with Crippen LogP contribution in [0.2, 0.25) is 0 Å². The fourth-order valence-corrected chi connectivity index (χ4v) is 1.83. The van der Waals surface area contributed by atoms with Gasteiger partial charge in [-0.15, -0.1) is 5.10 Å². The quantitative estimate of drug-likeness (QED) is 0.817. The first kappa shape index (κ1) is 8.65. The number of aryl methyl sites for hydroxylation is 1. The molecule has 0 radical (unpaired) electrons. The normalized spacial score (nSPS) is 11.0. The molecule has 0 fully saturated rings. The number of halogens is 1. The Hall–Kier alpha value is -0.940. The van der Waals surface area contributed by atoms with Gasteiger partial charge in [0.1, 0.15) is 0 Å². The van der Waals surface area contributed by atoms with Crippen LogP contribution in [0.4, 0.5) is 0 Å². The molecule has 0 bridgehead atoms. The summed E-state index contributed by atoms with van der Waals surface area (Å²) in [7, 11) is 0. The van der Waals surface area contributed by atoms with E-state index >= 15 is 0 Å². The Morgan fingerprint density at radius 3 is 3.08 bits per heavy atom. The van der Waals surface area contributed by atoms with Crippen molar-refractivity contribution in [2.75, 3.05) is 0 Å². The first-order valence-electron chi connectivity index (χ1n) is 3.92. The second kappa shape index (κ2) is 3.08. The van der Waals surface area contributed by atoms with Gasteiger partial charge in [-0.05, 0) is 34.5 Å². The van der Waals surface area contributed by atoms with Gasteiger partial charge in [-0.1, -0.05) is 0 Å². The predicted molar refractivity (Wildman–Crippen MR) is 53.3 cm³/mol. The van der Waals surface area contributed by atoms with Gasteiger partial charge in [-0.25, -0.2) is 9.50 Å². The number of aromatic nitrogens is 3. The number of nitrogens with zero attached hydrogens (tertiary/aromatic N) is 3. The van der Waals surface area contributed by atoms with Crippen molar-refractivity contribution in [3.8, 4) is 0 Å². The Morgan fingerprint density at radius 1 is 1.62 bits per heavy atom. The molecule has 68 valence electrons. The molecule has 0 aromatic carbocycles. The van der Waals surface area contributed by atoms with Crippen molar-refractivity contribution in [3.05, 3.63) is 28.1 Å². The number of pyridine rings is 1. The molecule has 0 aliphatic heterocycles. The fourth-order valence-electron chi connectivity index (χ4n) is 1.20. The van der Waals surface area contributed by atoms with E-state index < -0.39 is 0 Å². The monoisotopic (exact) mass is 240 g/mol. The van der Waals surface area contributed by atoms with Crippen molar-refractivity contribution < 1.29 is 0 Å². The largest absolute Gasteiger partial charge is 0.324 e. The number of hydrogen-bond acceptors (Lipinski definition) is 3. The van der Waals surface area contributed by atoms with Gasteiger partial charge < -0.3 is 5.73 Å². The maximum atomic E-state index is 5.45. The standard InChI is InChI=1S/C8H9BrN4/c1-5-2-6(9)8-11-7(3-10)12-13(8)4-5/h2,4H,3,10H2,1H3. The third-order valence-electron chi connectivity index (χ3n) is 1.75. The Bertz CT molecular complexity index is 449. The maximum absolute atomic E-state index is 5.45. The molecular formula is C8H9BrN4. The lowest BCUT2D eigenvalue weighted by atomic mass is 10.3. The van der Waals surface area contributed by atoms with Crippen LogP contribution in [0.25, 0.3) is 5.65 Å². The van der Waals surface area contributed by atoms with E-state index in [0.717, 1.165) is 15.7 Å². The van der Waals surface area contributed by atoms with Crippen LogP contribution < -0.4 is 5.73 Å². The van der Waals surface area contributed by atoms with E-state index in [2.05, 4.69) is 26.0 Å². The Balaban J connectivity index is 2.75. The highest BCUT2D eigenvalue weighted by Gasteiger charge is 2.05. The average Bonchev–Trinajstić information content (AvgIpc) is 2.47. The summed E-state index contributed by atoms with van der Waals surface area (Å²) in [5.41, 5.74) is 7.39. The molecule has 2 heterocycles. The summed E-state index contributed by atoms with van der Waals surface area (Å²) in [6.45, 7) is 2.38. The highest BCUT2D eigenvalue weighted by Crippen LogP contribution is 2.17. The van der Waals surface area contributed by atoms with Gasteiger partial charge in [-0.3, -0.25) is 0 Å². The van der Waals surface area contributed by atoms with E-state index in [1.54, 1.807) is 4.52 Å². The molecule has 0 unspecified atom stereocenters. The SMILES string of the molecule is Cc1cc(Br)c2nc(CN)nn2c1. The molecule has 13 heavy (non-hydrogen) atoms. The minimum absolute atomic E-state index is 0.368. The van der Waals surface area contributed by atoms with Crippen LogP contribution in [0.1, 0.15) is 11.4 Å². The summed E-state index contributed by atoms with van der Waals surface area (Å²) in [5.74, 6) is 0.659. The zero-order valence-corrected chi connectivity index (χ0v) is 8.74. The fraction of sp³-hybridized carbons (Fsp3) is 0.250. The van der Waals surface area contributed by atoms with Crippen molar-refractivity contribution in [3.63, 3.8) is 0 Å². The van der Waals surface area contributed by atoms with Crippen LogP contribution in [0.15, 0.2) is 16.7 Å². The molecule has 0 saturated heterocycles. The molecule has 4 nitrogen and oxygen atoms in total. The van der Waals surface area contributed by atoms with E-state index in [9.17, 15) is 0 Å². The molecule has 5 heteroatoms. The Labute approximate surface area is 83.9 Å². The molecule has 0 spiro atoms. The summed E-state index contributed by atoms with van der Waals surface area (Å²) < 4.78 is 2.68. The molecule has 0 saturated carbocycles. The van der Waals surface area contributed by atoms with Crippen molar-refractivity contribution in [1.29, 1.82) is 0 Å². The molecule has 0 amide bonds. The van der Waals surface area contributed by atoms with Gasteiger partial charge in [0.2, 0.25) is 0 Å². The Morgan fingerprint density at radius 2 is 2.38 bits per heavy atom. The second-order valence-corrected chi connectivity index (χ2v) is 3.72. The third-order valence-corrected chi connectivity index (χ3v) is 2.34. The number of fused-ring (bicyclic) bond motifs is 1. The minimum Gasteiger partial charge on any atom is -0.324 e. The van der Waals surface area contributed by atoms with Crippen LogP contribution in [0.5, 0.6) is 0 Å². The summed E-state index contributed by atoms with van der Waals surface area (Å²) >= 11 is 3.43. The summed E-state index contributed by atoms with van der Waals surface area (Å²) in [6, 6.07) is 2.00. The van der Waals surface area contributed by atoms with Gasteiger partial charge in [-0.2, -0.15) is 0 Å². The summed E-state index contributed by atoms with van der Waals surface area (Å²) in [4.78, 5) is 4.25. The molecule has 0 aliphatic rings. The van der Waals surface area contributed by atoms with Crippen molar-refractivity contribution in [2.45, 2.75) is 13.5 Å². The van der Waals surface area contributed by atoms with E-state index in [-0.39, 0.29) is 0 Å². The summed E-state index contributed by atoms with van der Waals surface area (Å²) in [5, 5.41) is 4.20. The predicted octanol–water partition coefficient (Wildman–Crippen LogP) is 1.26. The van der Waals surface area contributed by atoms with Gasteiger partial charge in [0.05, 0.1) is 11.0 Å². The van der Waals surface area contributed by atoms with Crippen molar-refractivity contribution >= 4 is 21.6 Å². The first-order chi connectivity index (χ1) is 6.20. The van der Waals surface area contributed by atoms with E-state index in [1.807, 2.05) is 19.2 Å². The van der Waals surface area contributed by atoms with E-state index in [0.29, 0.717) is 12.4 Å². The molecule has 0 atom stereocenters. The van der Waals surface area contributed by atoms with Crippen LogP contribution in [0.3, 0.4) is 0 Å². The zero-order valence-electron chi connectivity index (χ0n) is 7.16. The second-order valence-electron chi connectivity index (χ2n) is 2.87. The van der Waals surface area contributed by atoms with Gasteiger partial charge in [0.15, 0.2) is 11.5 Å². The van der Waals surface area contributed by atoms with E-state index in [4.69, 9.17) is 5.73 Å². The highest BCUT2D eigenvalue weighted by atomic mass is 79.9. The number of rotatable bonds is 1. The number of nitrogens with two attached hydrogens (primary N) is 1. The van der Waals surface area contributed by atoms with Gasteiger partial charge >= 0.3 is 0 Å². The molecule has 2 aromatic heterocycles. The molecule has 2 N–H and O–H groups in total. The van der Waals surface area contributed by atoms with Crippen molar-refractivity contribution in [2.24, 2.45) is 5.73 Å². The van der Waals surface area contributed by atoms with Crippen LogP contribution in [0, 0.1) is 6.92 Å². The molecular weight excluding hydrogens is 232 g/mol. The van der Waals surface area contributed by atoms with Gasteiger partial charge in [0, 0.05) is 6.20 Å². The number of hydrogen-bond donors (Lipinski definition) is 1. The minimum atomic E-state index is 0.368. The lowest BCUT2D eigenvalue weighted by Gasteiger charge is -1.96. The van der Waals surface area contributed by atoms with Crippen LogP contribution in [-0.4, -0.2) is 14.6 Å². The van der Waals surface area contributed by atoms with Crippen LogP contribution in [-0.2, 0) is 6.54 Å². The first-order valence-corrected chi connectivity index (χ1v) is 4.71. The molecule has 2 rings (SSSR count). The lowest BCUT2D eigenvalue weighted by molar-refractivity contribution is 0.865. The topological polar surface area (TPSA) is 56.2 Å². The van der Waals surface area contributed by atoms with Gasteiger partial charge in [0.25, 0.3) is 0 Å². The zero-order chi connectivity index (χ0) is 9.42. The van der Waals surface area contributed by atoms with E-state index in [1.165, 1.54) is 0 Å². The summed E-state index contributed by atoms with van der Waals surface area (Å²) in [6.07, 6.45) is 1.92. The van der Waals surface area contributed by atoms with Crippen LogP contribution >= 0.6 is 15.9 Å². The highest BCUT2D eigenvalue weighted by molar-refractivity contribution is 9.10. The smallest absolute Gasteiger partial charge is 0.169 e. The van der Waals surface area contributed by atoms with Crippen molar-refractivity contribution in [1.82, 2.24) is 14.6 Å². The maximum Gasteiger partial charge on any atom is 0.169 e. The third kappa shape index (κ3) is 1.45. The molecule has 0 aliphatic carbocycles. The Kier molecular flexibility index (Phi) is 2.05. The lowest BCUT2D eigenvalue weighted by Crippen LogP contribution is -1.98. The average molecular weight is 241 g/mol. The molecule has 2 aromatic rings.